The number of para-hydroxylation sites is 1. The average Bonchev–Trinajstić information content (AvgIpc) is 2.84. The molecule has 0 bridgehead atoms. The van der Waals surface area contributed by atoms with E-state index in [2.05, 4.69) is 22.3 Å². The highest BCUT2D eigenvalue weighted by Crippen LogP contribution is 2.31. The van der Waals surface area contributed by atoms with Gasteiger partial charge in [-0.15, -0.1) is 0 Å². The van der Waals surface area contributed by atoms with Gasteiger partial charge in [-0.1, -0.05) is 42.5 Å². The van der Waals surface area contributed by atoms with Crippen LogP contribution in [0.1, 0.15) is 35.6 Å². The third kappa shape index (κ3) is 4.23. The van der Waals surface area contributed by atoms with Crippen LogP contribution in [0.25, 0.3) is 0 Å². The van der Waals surface area contributed by atoms with Crippen LogP contribution >= 0.6 is 0 Å². The molecule has 1 fully saturated rings. The maximum atomic E-state index is 13.4. The van der Waals surface area contributed by atoms with Crippen molar-refractivity contribution in [2.24, 2.45) is 0 Å². The van der Waals surface area contributed by atoms with E-state index in [-0.39, 0.29) is 18.1 Å². The topological polar surface area (TPSA) is 65.1 Å². The zero-order chi connectivity index (χ0) is 21.9. The molecule has 1 N–H and O–H groups in total. The molecular formula is C25H30N4O3. The van der Waals surface area contributed by atoms with Gasteiger partial charge in [0, 0.05) is 26.2 Å². The molecule has 7 heteroatoms. The maximum Gasteiger partial charge on any atom is 0.332 e. The van der Waals surface area contributed by atoms with Gasteiger partial charge in [-0.25, -0.2) is 14.5 Å². The minimum atomic E-state index is -0.317. The molecule has 2 aliphatic heterocycles. The largest absolute Gasteiger partial charge is 0.379 e. The molecule has 2 aromatic carbocycles. The molecule has 0 saturated carbocycles. The van der Waals surface area contributed by atoms with Gasteiger partial charge < -0.3 is 10.1 Å². The molecule has 0 unspecified atom stereocenters. The minimum Gasteiger partial charge on any atom is -0.379 e. The van der Waals surface area contributed by atoms with Crippen LogP contribution in [0, 0.1) is 0 Å². The molecule has 0 spiro atoms. The van der Waals surface area contributed by atoms with E-state index < -0.39 is 0 Å². The summed E-state index contributed by atoms with van der Waals surface area (Å²) in [5.41, 5.74) is 4.35. The van der Waals surface area contributed by atoms with Crippen molar-refractivity contribution in [2.45, 2.75) is 31.8 Å². The minimum absolute atomic E-state index is 0.0563. The second kappa shape index (κ2) is 9.30. The number of morpholine rings is 1. The summed E-state index contributed by atoms with van der Waals surface area (Å²) in [6.07, 6.45) is 2.96. The summed E-state index contributed by atoms with van der Waals surface area (Å²) < 4.78 is 5.43. The number of carbonyl (C=O) groups is 2. The Morgan fingerprint density at radius 3 is 2.59 bits per heavy atom. The number of nitrogens with one attached hydrogen (secondary N) is 1. The van der Waals surface area contributed by atoms with Crippen LogP contribution in [-0.4, -0.2) is 61.3 Å². The maximum absolute atomic E-state index is 13.4. The lowest BCUT2D eigenvalue weighted by molar-refractivity contribution is 0.0392. The molecule has 1 saturated heterocycles. The second-order valence-electron chi connectivity index (χ2n) is 8.70. The van der Waals surface area contributed by atoms with E-state index in [1.54, 1.807) is 4.90 Å². The lowest BCUT2D eigenvalue weighted by Crippen LogP contribution is -2.55. The molecule has 0 aromatic heterocycles. The lowest BCUT2D eigenvalue weighted by atomic mass is 9.88. The molecule has 2 heterocycles. The first-order valence-electron chi connectivity index (χ1n) is 11.6. The summed E-state index contributed by atoms with van der Waals surface area (Å²) in [7, 11) is 0. The predicted octanol–water partition coefficient (Wildman–Crippen LogP) is 3.55. The highest BCUT2D eigenvalue weighted by atomic mass is 16.5. The smallest absolute Gasteiger partial charge is 0.332 e. The van der Waals surface area contributed by atoms with Gasteiger partial charge >= 0.3 is 12.1 Å². The van der Waals surface area contributed by atoms with Gasteiger partial charge in [0.15, 0.2) is 0 Å². The van der Waals surface area contributed by atoms with Gasteiger partial charge in [0.1, 0.15) is 0 Å². The molecule has 7 nitrogen and oxygen atoms in total. The first kappa shape index (κ1) is 21.0. The molecule has 1 aliphatic carbocycles. The van der Waals surface area contributed by atoms with Gasteiger partial charge in [0.05, 0.1) is 31.5 Å². The van der Waals surface area contributed by atoms with Crippen molar-refractivity contribution in [1.29, 1.82) is 0 Å². The van der Waals surface area contributed by atoms with Crippen molar-refractivity contribution < 1.29 is 14.3 Å². The Kier molecular flexibility index (Phi) is 6.10. The fourth-order valence-electron chi connectivity index (χ4n) is 4.97. The summed E-state index contributed by atoms with van der Waals surface area (Å²) in [5, 5.41) is 3.14. The molecule has 32 heavy (non-hydrogen) atoms. The Bertz CT molecular complexity index is 989. The van der Waals surface area contributed by atoms with E-state index in [0.29, 0.717) is 13.1 Å². The summed E-state index contributed by atoms with van der Waals surface area (Å²) in [6.45, 7) is 4.79. The number of nitrogens with zero attached hydrogens (tertiary/aromatic N) is 3. The van der Waals surface area contributed by atoms with E-state index in [1.165, 1.54) is 16.0 Å². The monoisotopic (exact) mass is 434 g/mol. The number of aryl methyl sites for hydroxylation is 1. The van der Waals surface area contributed by atoms with Crippen LogP contribution in [-0.2, 0) is 17.7 Å². The molecule has 0 radical (unpaired) electrons. The van der Waals surface area contributed by atoms with Crippen LogP contribution in [0.15, 0.2) is 48.5 Å². The molecule has 1 atom stereocenters. The van der Waals surface area contributed by atoms with Gasteiger partial charge in [0.2, 0.25) is 0 Å². The fraction of sp³-hybridized carbons (Fsp3) is 0.440. The molecule has 168 valence electrons. The number of hydrogen-bond acceptors (Lipinski definition) is 4. The molecule has 4 amide bonds. The number of carbonyl (C=O) groups excluding carboxylic acids is 2. The van der Waals surface area contributed by atoms with Crippen LogP contribution < -0.4 is 10.2 Å². The van der Waals surface area contributed by atoms with Crippen LogP contribution in [0.2, 0.25) is 0 Å². The van der Waals surface area contributed by atoms with Crippen molar-refractivity contribution in [1.82, 2.24) is 15.1 Å². The SMILES string of the molecule is O=C(N[C@@H]1CCCc2ccccc21)N1Cc2ccccc2N(CCN2CCOCC2)C1=O. The van der Waals surface area contributed by atoms with E-state index in [1.807, 2.05) is 36.4 Å². The Labute approximate surface area is 188 Å². The highest BCUT2D eigenvalue weighted by Gasteiger charge is 2.35. The summed E-state index contributed by atoms with van der Waals surface area (Å²) in [6, 6.07) is 15.5. The van der Waals surface area contributed by atoms with Gasteiger partial charge in [0.25, 0.3) is 0 Å². The van der Waals surface area contributed by atoms with Crippen LogP contribution in [0.3, 0.4) is 0 Å². The van der Waals surface area contributed by atoms with Crippen molar-refractivity contribution in [3.63, 3.8) is 0 Å². The molecular weight excluding hydrogens is 404 g/mol. The third-order valence-electron chi connectivity index (χ3n) is 6.73. The van der Waals surface area contributed by atoms with E-state index in [9.17, 15) is 9.59 Å². The average molecular weight is 435 g/mol. The quantitative estimate of drug-likeness (QED) is 0.799. The lowest BCUT2D eigenvalue weighted by Gasteiger charge is -2.38. The number of rotatable bonds is 4. The number of urea groups is 2. The van der Waals surface area contributed by atoms with Crippen molar-refractivity contribution in [3.8, 4) is 0 Å². The van der Waals surface area contributed by atoms with Gasteiger partial charge in [-0.05, 0) is 42.0 Å². The predicted molar refractivity (Wildman–Crippen MR) is 123 cm³/mol. The number of anilines is 1. The second-order valence-corrected chi connectivity index (χ2v) is 8.70. The van der Waals surface area contributed by atoms with E-state index >= 15 is 0 Å². The normalized spacial score (nSPS) is 21.1. The van der Waals surface area contributed by atoms with Gasteiger partial charge in [-0.3, -0.25) is 9.80 Å². The fourth-order valence-corrected chi connectivity index (χ4v) is 4.97. The summed E-state index contributed by atoms with van der Waals surface area (Å²) in [5.74, 6) is 0. The number of hydrogen-bond donors (Lipinski definition) is 1. The number of ether oxygens (including phenoxy) is 1. The zero-order valence-corrected chi connectivity index (χ0v) is 18.3. The Hall–Kier alpha value is -2.90. The molecule has 3 aliphatic rings. The molecule has 5 rings (SSSR count). The van der Waals surface area contributed by atoms with Crippen LogP contribution in [0.4, 0.5) is 15.3 Å². The standard InChI is InChI=1S/C25H30N4O3/c30-24(26-22-10-5-8-19-6-1-3-9-21(19)22)29-18-20-7-2-4-11-23(20)28(25(29)31)13-12-27-14-16-32-17-15-27/h1-4,6-7,9,11,22H,5,8,10,12-18H2,(H,26,30)/t22-/m1/s1. The first-order chi connectivity index (χ1) is 15.7. The Morgan fingerprint density at radius 2 is 1.75 bits per heavy atom. The van der Waals surface area contributed by atoms with E-state index in [0.717, 1.165) is 63.4 Å². The number of imide groups is 1. The first-order valence-corrected chi connectivity index (χ1v) is 11.6. The van der Waals surface area contributed by atoms with Crippen LogP contribution in [0.5, 0.6) is 0 Å². The third-order valence-corrected chi connectivity index (χ3v) is 6.73. The van der Waals surface area contributed by atoms with E-state index in [4.69, 9.17) is 4.74 Å². The number of amides is 4. The number of benzene rings is 2. The number of fused-ring (bicyclic) bond motifs is 2. The highest BCUT2D eigenvalue weighted by molar-refractivity contribution is 6.04. The summed E-state index contributed by atoms with van der Waals surface area (Å²) >= 11 is 0. The van der Waals surface area contributed by atoms with Crippen molar-refractivity contribution in [2.75, 3.05) is 44.3 Å². The van der Waals surface area contributed by atoms with Crippen molar-refractivity contribution >= 4 is 17.7 Å². The Morgan fingerprint density at radius 1 is 1.00 bits per heavy atom. The zero-order valence-electron chi connectivity index (χ0n) is 18.3. The van der Waals surface area contributed by atoms with Gasteiger partial charge in [-0.2, -0.15) is 0 Å². The Balaban J connectivity index is 1.33. The summed E-state index contributed by atoms with van der Waals surface area (Å²) in [4.78, 5) is 32.1. The molecule has 2 aromatic rings. The van der Waals surface area contributed by atoms with Crippen molar-refractivity contribution in [3.05, 3.63) is 65.2 Å².